The number of hydrogen-bond acceptors (Lipinski definition) is 2. The second-order valence-electron chi connectivity index (χ2n) is 4.67. The molecule has 0 bridgehead atoms. The van der Waals surface area contributed by atoms with Gasteiger partial charge >= 0.3 is 0 Å². The number of nitrogens with one attached hydrogen (secondary N) is 1. The summed E-state index contributed by atoms with van der Waals surface area (Å²) in [5, 5.41) is 3.97. The Kier molecular flexibility index (Phi) is 5.49. The fourth-order valence-corrected chi connectivity index (χ4v) is 2.29. The van der Waals surface area contributed by atoms with Crippen molar-refractivity contribution in [3.8, 4) is 0 Å². The zero-order chi connectivity index (χ0) is 13.5. The first-order valence-electron chi connectivity index (χ1n) is 6.82. The Bertz CT molecular complexity index is 481. The van der Waals surface area contributed by atoms with E-state index >= 15 is 0 Å². The molecule has 19 heavy (non-hydrogen) atoms. The highest BCUT2D eigenvalue weighted by molar-refractivity contribution is 6.28. The summed E-state index contributed by atoms with van der Waals surface area (Å²) < 4.78 is 5.53. The molecule has 2 rings (SSSR count). The summed E-state index contributed by atoms with van der Waals surface area (Å²) in [4.78, 5) is 0. The highest BCUT2D eigenvalue weighted by atomic mass is 35.5. The average molecular weight is 278 g/mol. The van der Waals surface area contributed by atoms with Crippen molar-refractivity contribution in [2.45, 2.75) is 32.2 Å². The third-order valence-electron chi connectivity index (χ3n) is 3.14. The lowest BCUT2D eigenvalue weighted by Gasteiger charge is -2.16. The molecule has 0 radical (unpaired) electrons. The van der Waals surface area contributed by atoms with Crippen molar-refractivity contribution in [3.63, 3.8) is 0 Å². The molecule has 1 atom stereocenters. The van der Waals surface area contributed by atoms with Crippen molar-refractivity contribution in [2.75, 3.05) is 6.54 Å². The molecule has 0 fully saturated rings. The molecule has 2 aromatic rings. The lowest BCUT2D eigenvalue weighted by atomic mass is 10.0. The van der Waals surface area contributed by atoms with Crippen LogP contribution in [0.3, 0.4) is 0 Å². The largest absolute Gasteiger partial charge is 0.448 e. The van der Waals surface area contributed by atoms with Crippen molar-refractivity contribution in [3.05, 3.63) is 59.0 Å². The minimum Gasteiger partial charge on any atom is -0.448 e. The van der Waals surface area contributed by atoms with E-state index in [0.717, 1.165) is 31.6 Å². The predicted molar refractivity (Wildman–Crippen MR) is 79.5 cm³/mol. The molecule has 0 aliphatic rings. The first-order chi connectivity index (χ1) is 9.29. The molecular formula is C16H20ClNO. The van der Waals surface area contributed by atoms with Gasteiger partial charge in [0.15, 0.2) is 5.22 Å². The second-order valence-corrected chi connectivity index (χ2v) is 5.05. The van der Waals surface area contributed by atoms with Crippen molar-refractivity contribution in [1.82, 2.24) is 5.32 Å². The van der Waals surface area contributed by atoms with Gasteiger partial charge in [0, 0.05) is 0 Å². The van der Waals surface area contributed by atoms with Gasteiger partial charge in [-0.15, -0.1) is 0 Å². The Hall–Kier alpha value is -1.25. The normalized spacial score (nSPS) is 12.5. The minimum atomic E-state index is 0.229. The summed E-state index contributed by atoms with van der Waals surface area (Å²) in [5.74, 6) is 0.925. The van der Waals surface area contributed by atoms with Gasteiger partial charge < -0.3 is 9.73 Å². The van der Waals surface area contributed by atoms with E-state index in [1.54, 1.807) is 6.07 Å². The molecular weight excluding hydrogens is 258 g/mol. The van der Waals surface area contributed by atoms with E-state index < -0.39 is 0 Å². The first kappa shape index (κ1) is 14.2. The van der Waals surface area contributed by atoms with Crippen LogP contribution in [0.15, 0.2) is 46.9 Å². The maximum atomic E-state index is 5.86. The van der Waals surface area contributed by atoms with Crippen LogP contribution in [0.2, 0.25) is 5.22 Å². The summed E-state index contributed by atoms with van der Waals surface area (Å²) >= 11 is 5.86. The van der Waals surface area contributed by atoms with Crippen molar-refractivity contribution in [1.29, 1.82) is 0 Å². The van der Waals surface area contributed by atoms with Gasteiger partial charge in [-0.2, -0.15) is 0 Å². The second kappa shape index (κ2) is 7.37. The molecule has 0 saturated carbocycles. The van der Waals surface area contributed by atoms with Gasteiger partial charge in [-0.05, 0) is 55.1 Å². The molecule has 102 valence electrons. The Labute approximate surface area is 119 Å². The smallest absolute Gasteiger partial charge is 0.193 e. The van der Waals surface area contributed by atoms with Crippen LogP contribution in [-0.4, -0.2) is 6.54 Å². The van der Waals surface area contributed by atoms with Gasteiger partial charge in [0.1, 0.15) is 5.76 Å². The van der Waals surface area contributed by atoms with E-state index in [9.17, 15) is 0 Å². The maximum absolute atomic E-state index is 5.86. The lowest BCUT2D eigenvalue weighted by Crippen LogP contribution is -2.22. The minimum absolute atomic E-state index is 0.229. The van der Waals surface area contributed by atoms with E-state index in [1.165, 1.54) is 5.56 Å². The number of halogens is 1. The van der Waals surface area contributed by atoms with Crippen LogP contribution in [0.1, 0.15) is 37.1 Å². The third kappa shape index (κ3) is 4.41. The highest BCUT2D eigenvalue weighted by Crippen LogP contribution is 2.24. The molecule has 0 aliphatic heterocycles. The molecule has 0 aliphatic carbocycles. The van der Waals surface area contributed by atoms with Crippen LogP contribution < -0.4 is 5.32 Å². The fourth-order valence-electron chi connectivity index (χ4n) is 2.13. The third-order valence-corrected chi connectivity index (χ3v) is 3.35. The maximum Gasteiger partial charge on any atom is 0.193 e. The van der Waals surface area contributed by atoms with Gasteiger partial charge in [0.25, 0.3) is 0 Å². The van der Waals surface area contributed by atoms with Crippen LogP contribution in [0.25, 0.3) is 0 Å². The van der Waals surface area contributed by atoms with Gasteiger partial charge in [-0.3, -0.25) is 0 Å². The molecule has 0 saturated heterocycles. The van der Waals surface area contributed by atoms with Crippen LogP contribution in [0.4, 0.5) is 0 Å². The summed E-state index contributed by atoms with van der Waals surface area (Å²) in [6, 6.07) is 14.5. The Morgan fingerprint density at radius 1 is 1.16 bits per heavy atom. The first-order valence-corrected chi connectivity index (χ1v) is 7.20. The summed E-state index contributed by atoms with van der Waals surface area (Å²) in [7, 11) is 0. The SMILES string of the molecule is CCCNC(CCc1ccccc1)c1ccc(Cl)o1. The molecule has 1 heterocycles. The molecule has 1 aromatic carbocycles. The number of hydrogen-bond donors (Lipinski definition) is 1. The Balaban J connectivity index is 1.98. The highest BCUT2D eigenvalue weighted by Gasteiger charge is 2.14. The van der Waals surface area contributed by atoms with E-state index in [-0.39, 0.29) is 6.04 Å². The van der Waals surface area contributed by atoms with Gasteiger partial charge in [0.05, 0.1) is 6.04 Å². The van der Waals surface area contributed by atoms with E-state index in [2.05, 4.69) is 36.5 Å². The van der Waals surface area contributed by atoms with Crippen LogP contribution in [-0.2, 0) is 6.42 Å². The number of aryl methyl sites for hydroxylation is 1. The number of rotatable bonds is 7. The molecule has 0 spiro atoms. The quantitative estimate of drug-likeness (QED) is 0.800. The molecule has 3 heteroatoms. The zero-order valence-electron chi connectivity index (χ0n) is 11.2. The lowest BCUT2D eigenvalue weighted by molar-refractivity contribution is 0.397. The molecule has 1 unspecified atom stereocenters. The molecule has 0 amide bonds. The van der Waals surface area contributed by atoms with Crippen LogP contribution >= 0.6 is 11.6 Å². The predicted octanol–water partition coefficient (Wildman–Crippen LogP) is 4.61. The average Bonchev–Trinajstić information content (AvgIpc) is 2.86. The van der Waals surface area contributed by atoms with Gasteiger partial charge in [-0.1, -0.05) is 37.3 Å². The topological polar surface area (TPSA) is 25.2 Å². The molecule has 1 N–H and O–H groups in total. The standard InChI is InChI=1S/C16H20ClNO/c1-2-12-18-14(15-10-11-16(17)19-15)9-8-13-6-4-3-5-7-13/h3-7,10-11,14,18H,2,8-9,12H2,1H3. The van der Waals surface area contributed by atoms with Crippen molar-refractivity contribution >= 4 is 11.6 Å². The summed E-state index contributed by atoms with van der Waals surface area (Å²) in [6.07, 6.45) is 3.14. The van der Waals surface area contributed by atoms with Gasteiger partial charge in [0.2, 0.25) is 0 Å². The monoisotopic (exact) mass is 277 g/mol. The van der Waals surface area contributed by atoms with E-state index in [0.29, 0.717) is 5.22 Å². The molecule has 2 nitrogen and oxygen atoms in total. The molecule has 1 aromatic heterocycles. The van der Waals surface area contributed by atoms with Crippen LogP contribution in [0, 0.1) is 0 Å². The fraction of sp³-hybridized carbons (Fsp3) is 0.375. The van der Waals surface area contributed by atoms with E-state index in [4.69, 9.17) is 16.0 Å². The van der Waals surface area contributed by atoms with Gasteiger partial charge in [-0.25, -0.2) is 0 Å². The number of benzene rings is 1. The van der Waals surface area contributed by atoms with Crippen molar-refractivity contribution < 1.29 is 4.42 Å². The summed E-state index contributed by atoms with van der Waals surface area (Å²) in [6.45, 7) is 3.15. The zero-order valence-corrected chi connectivity index (χ0v) is 12.0. The van der Waals surface area contributed by atoms with Crippen molar-refractivity contribution in [2.24, 2.45) is 0 Å². The Morgan fingerprint density at radius 3 is 2.58 bits per heavy atom. The Morgan fingerprint density at radius 2 is 1.95 bits per heavy atom. The number of furan rings is 1. The van der Waals surface area contributed by atoms with E-state index in [1.807, 2.05) is 12.1 Å². The van der Waals surface area contributed by atoms with Crippen LogP contribution in [0.5, 0.6) is 0 Å². The summed E-state index contributed by atoms with van der Waals surface area (Å²) in [5.41, 5.74) is 1.35.